The fourth-order valence-corrected chi connectivity index (χ4v) is 7.33. The Labute approximate surface area is 329 Å². The fraction of sp³-hybridized carbons (Fsp3) is 0.279. The first-order valence-electron chi connectivity index (χ1n) is 18.5. The first-order chi connectivity index (χ1) is 27.6. The molecule has 0 radical (unpaired) electrons. The minimum atomic E-state index is -0.909. The van der Waals surface area contributed by atoms with Crippen LogP contribution in [0.2, 0.25) is 0 Å². The highest BCUT2D eigenvalue weighted by Gasteiger charge is 2.43. The molecule has 2 aliphatic rings. The third-order valence-electron chi connectivity index (χ3n) is 10.2. The molecular weight excluding hydrogens is 730 g/mol. The maximum Gasteiger partial charge on any atom is 0.257 e. The van der Waals surface area contributed by atoms with Gasteiger partial charge < -0.3 is 44.5 Å². The predicted octanol–water partition coefficient (Wildman–Crippen LogP) is 4.58. The number of likely N-dealkylation sites (tertiary alicyclic amines) is 2. The fourth-order valence-electron chi connectivity index (χ4n) is 7.33. The van der Waals surface area contributed by atoms with Crippen molar-refractivity contribution < 1.29 is 43.3 Å². The van der Waals surface area contributed by atoms with Gasteiger partial charge in [-0.15, -0.1) is 0 Å². The molecule has 0 spiro atoms. The highest BCUT2D eigenvalue weighted by atomic mass is 16.5. The third kappa shape index (κ3) is 8.64. The predicted molar refractivity (Wildman–Crippen MR) is 209 cm³/mol. The van der Waals surface area contributed by atoms with Gasteiger partial charge in [0.05, 0.1) is 18.4 Å². The number of ether oxygens (including phenoxy) is 2. The van der Waals surface area contributed by atoms with Gasteiger partial charge in [-0.3, -0.25) is 19.2 Å². The van der Waals surface area contributed by atoms with Crippen LogP contribution < -0.4 is 10.6 Å². The summed E-state index contributed by atoms with van der Waals surface area (Å²) < 4.78 is 17.0. The Morgan fingerprint density at radius 3 is 1.49 bits per heavy atom. The number of carbonyl (C=O) groups excluding carboxylic acids is 4. The van der Waals surface area contributed by atoms with Crippen molar-refractivity contribution in [2.75, 3.05) is 37.9 Å². The SMILES string of the molecule is COC(C(=O)N1C[C@H](O)CC1C(=O)Nc1ccc(-c2cnc(-c3ccc(NC(=O)[C@@H]4C[C@@H](O)CN4C(=O)[C@@H](OC)c4ccccc4)cc3)o2)cc1)c1ccccc1. The Hall–Kier alpha value is -6.19. The molecule has 0 aliphatic carbocycles. The highest BCUT2D eigenvalue weighted by Crippen LogP contribution is 2.31. The van der Waals surface area contributed by atoms with Crippen molar-refractivity contribution >= 4 is 35.0 Å². The van der Waals surface area contributed by atoms with E-state index in [1.165, 1.54) is 24.0 Å². The van der Waals surface area contributed by atoms with Gasteiger partial charge in [0.1, 0.15) is 12.1 Å². The Morgan fingerprint density at radius 1 is 0.649 bits per heavy atom. The van der Waals surface area contributed by atoms with Crippen molar-refractivity contribution in [3.8, 4) is 22.8 Å². The number of aliphatic hydroxyl groups excluding tert-OH is 2. The van der Waals surface area contributed by atoms with Crippen LogP contribution in [0.25, 0.3) is 22.8 Å². The number of hydrogen-bond donors (Lipinski definition) is 4. The minimum Gasteiger partial charge on any atom is -0.436 e. The maximum absolute atomic E-state index is 13.5. The molecule has 2 fully saturated rings. The van der Waals surface area contributed by atoms with Gasteiger partial charge in [-0.25, -0.2) is 4.98 Å². The number of rotatable bonds is 12. The molecule has 4 N–H and O–H groups in total. The number of hydrogen-bond acceptors (Lipinski definition) is 10. The van der Waals surface area contributed by atoms with E-state index in [1.807, 2.05) is 12.1 Å². The Bertz CT molecular complexity index is 2030. The second kappa shape index (κ2) is 17.3. The number of amides is 4. The number of carbonyl (C=O) groups is 4. The van der Waals surface area contributed by atoms with E-state index in [1.54, 1.807) is 103 Å². The van der Waals surface area contributed by atoms with E-state index in [4.69, 9.17) is 13.9 Å². The van der Waals surface area contributed by atoms with E-state index in [9.17, 15) is 29.4 Å². The lowest BCUT2D eigenvalue weighted by molar-refractivity contribution is -0.146. The summed E-state index contributed by atoms with van der Waals surface area (Å²) in [6, 6.07) is 30.1. The molecule has 7 rings (SSSR count). The quantitative estimate of drug-likeness (QED) is 0.140. The maximum atomic E-state index is 13.5. The van der Waals surface area contributed by atoms with Crippen LogP contribution in [0.1, 0.15) is 36.2 Å². The minimum absolute atomic E-state index is 0.0179. The number of anilines is 2. The molecule has 4 amide bonds. The summed E-state index contributed by atoms with van der Waals surface area (Å²) in [5.74, 6) is -0.829. The highest BCUT2D eigenvalue weighted by molar-refractivity contribution is 5.99. The van der Waals surface area contributed by atoms with Crippen molar-refractivity contribution in [3.63, 3.8) is 0 Å². The molecule has 57 heavy (non-hydrogen) atoms. The van der Waals surface area contributed by atoms with Crippen LogP contribution in [0.15, 0.2) is 120 Å². The van der Waals surface area contributed by atoms with E-state index in [0.29, 0.717) is 45.3 Å². The zero-order chi connectivity index (χ0) is 40.1. The number of β-amino-alcohol motifs (C(OH)–C–C–N with tert-alkyl or cyclic N) is 2. The van der Waals surface area contributed by atoms with Gasteiger partial charge in [0.2, 0.25) is 17.7 Å². The lowest BCUT2D eigenvalue weighted by Gasteiger charge is -2.27. The van der Waals surface area contributed by atoms with Crippen LogP contribution >= 0.6 is 0 Å². The number of methoxy groups -OCH3 is 2. The molecule has 3 heterocycles. The smallest absolute Gasteiger partial charge is 0.257 e. The van der Waals surface area contributed by atoms with Crippen LogP contribution in [0.3, 0.4) is 0 Å². The van der Waals surface area contributed by atoms with Crippen molar-refractivity contribution in [3.05, 3.63) is 127 Å². The lowest BCUT2D eigenvalue weighted by atomic mass is 10.1. The van der Waals surface area contributed by atoms with Gasteiger partial charge >= 0.3 is 0 Å². The summed E-state index contributed by atoms with van der Waals surface area (Å²) in [6.07, 6.45) is -1.73. The number of nitrogens with one attached hydrogen (secondary N) is 2. The average Bonchev–Trinajstić information content (AvgIpc) is 3.99. The van der Waals surface area contributed by atoms with Crippen molar-refractivity contribution in [2.45, 2.75) is 49.3 Å². The molecule has 14 nitrogen and oxygen atoms in total. The zero-order valence-electron chi connectivity index (χ0n) is 31.4. The molecule has 5 aromatic rings. The van der Waals surface area contributed by atoms with Gasteiger partial charge in [-0.2, -0.15) is 0 Å². The molecule has 0 saturated carbocycles. The van der Waals surface area contributed by atoms with Gasteiger partial charge in [0.15, 0.2) is 18.0 Å². The topological polar surface area (TPSA) is 184 Å². The van der Waals surface area contributed by atoms with E-state index in [-0.39, 0.29) is 25.9 Å². The molecule has 2 saturated heterocycles. The molecule has 14 heteroatoms. The van der Waals surface area contributed by atoms with Crippen LogP contribution in [-0.2, 0) is 28.7 Å². The Morgan fingerprint density at radius 2 is 1.07 bits per heavy atom. The van der Waals surface area contributed by atoms with Crippen molar-refractivity contribution in [1.82, 2.24) is 14.8 Å². The second-order valence-corrected chi connectivity index (χ2v) is 14.0. The van der Waals surface area contributed by atoms with E-state index in [0.717, 1.165) is 0 Å². The molecule has 4 aromatic carbocycles. The normalized spacial score (nSPS) is 20.2. The van der Waals surface area contributed by atoms with Crippen LogP contribution in [-0.4, -0.2) is 100 Å². The molecule has 2 aliphatic heterocycles. The van der Waals surface area contributed by atoms with Crippen molar-refractivity contribution in [2.24, 2.45) is 0 Å². The molecule has 0 bridgehead atoms. The van der Waals surface area contributed by atoms with Gasteiger partial charge in [0, 0.05) is 62.7 Å². The van der Waals surface area contributed by atoms with Crippen LogP contribution in [0.4, 0.5) is 11.4 Å². The third-order valence-corrected chi connectivity index (χ3v) is 10.2. The summed E-state index contributed by atoms with van der Waals surface area (Å²) >= 11 is 0. The number of nitrogens with zero attached hydrogens (tertiary/aromatic N) is 3. The standard InChI is InChI=1S/C43H43N5O9/c1-55-37(27-9-5-3-6-10-27)42(53)47-24-32(49)21-34(47)39(51)45-30-17-13-26(14-18-30)36-23-44-41(57-36)29-15-19-31(20-16-29)46-40(52)35-22-33(50)25-48(35)43(54)38(56-2)28-11-7-4-8-12-28/h3-20,23,32-35,37-38,49-50H,21-22,24-25H2,1-2H3,(H,45,51)(H,46,52)/t32-,33-,34?,35+,37?,38+/m1/s1. The van der Waals surface area contributed by atoms with Crippen molar-refractivity contribution in [1.29, 1.82) is 0 Å². The first kappa shape index (κ1) is 39.1. The molecular formula is C43H43N5O9. The van der Waals surface area contributed by atoms with Gasteiger partial charge in [0.25, 0.3) is 11.8 Å². The summed E-state index contributed by atoms with van der Waals surface area (Å²) in [7, 11) is 2.87. The van der Waals surface area contributed by atoms with E-state index in [2.05, 4.69) is 15.6 Å². The second-order valence-electron chi connectivity index (χ2n) is 14.0. The van der Waals surface area contributed by atoms with E-state index >= 15 is 0 Å². The van der Waals surface area contributed by atoms with Gasteiger partial charge in [-0.1, -0.05) is 60.7 Å². The first-order valence-corrected chi connectivity index (χ1v) is 18.5. The molecule has 294 valence electrons. The number of aliphatic hydroxyl groups is 2. The summed E-state index contributed by atoms with van der Waals surface area (Å²) in [4.78, 5) is 60.9. The van der Waals surface area contributed by atoms with Gasteiger partial charge in [-0.05, 0) is 59.7 Å². The summed E-state index contributed by atoms with van der Waals surface area (Å²) in [5.41, 5.74) is 3.65. The number of benzene rings is 4. The monoisotopic (exact) mass is 773 g/mol. The lowest BCUT2D eigenvalue weighted by Crippen LogP contribution is -2.45. The number of aromatic nitrogens is 1. The summed E-state index contributed by atoms with van der Waals surface area (Å²) in [5, 5.41) is 26.5. The Balaban J connectivity index is 0.959. The summed E-state index contributed by atoms with van der Waals surface area (Å²) in [6.45, 7) is 0.0371. The van der Waals surface area contributed by atoms with E-state index < -0.39 is 60.1 Å². The molecule has 2 unspecified atom stereocenters. The molecule has 1 aromatic heterocycles. The zero-order valence-corrected chi connectivity index (χ0v) is 31.4. The van der Waals surface area contributed by atoms with Crippen LogP contribution in [0.5, 0.6) is 0 Å². The largest absolute Gasteiger partial charge is 0.436 e. The average molecular weight is 774 g/mol. The Kier molecular flexibility index (Phi) is 11.9. The molecule has 6 atom stereocenters. The van der Waals surface area contributed by atoms with Crippen LogP contribution in [0, 0.1) is 0 Å². The number of oxazole rings is 1.